The highest BCUT2D eigenvalue weighted by Crippen LogP contribution is 2.20. The van der Waals surface area contributed by atoms with Gasteiger partial charge in [-0.25, -0.2) is 9.78 Å². The average molecular weight is 341 g/mol. The molecule has 0 aliphatic carbocycles. The van der Waals surface area contributed by atoms with Crippen molar-refractivity contribution in [3.8, 4) is 0 Å². The standard InChI is InChI=1S/C19H27N5O/c25-19(21-14-16-6-11-23-12-7-20-18(23)13-16)24-10-2-1-5-17(15-24)22-8-3-4-9-22/h6-7,11-13,17H,1-5,8-10,14-15H2,(H,21,25)/t17-/m0/s1. The summed E-state index contributed by atoms with van der Waals surface area (Å²) in [4.78, 5) is 21.6. The Morgan fingerprint density at radius 2 is 2.00 bits per heavy atom. The predicted molar refractivity (Wildman–Crippen MR) is 97.4 cm³/mol. The fourth-order valence-corrected chi connectivity index (χ4v) is 4.06. The molecule has 0 bridgehead atoms. The van der Waals surface area contributed by atoms with Gasteiger partial charge in [-0.2, -0.15) is 0 Å². The zero-order valence-electron chi connectivity index (χ0n) is 14.7. The van der Waals surface area contributed by atoms with E-state index in [1.807, 2.05) is 33.8 Å². The van der Waals surface area contributed by atoms with Crippen molar-refractivity contribution in [2.24, 2.45) is 0 Å². The molecule has 2 fully saturated rings. The van der Waals surface area contributed by atoms with Gasteiger partial charge < -0.3 is 14.6 Å². The second-order valence-corrected chi connectivity index (χ2v) is 7.23. The van der Waals surface area contributed by atoms with Crippen molar-refractivity contribution in [1.82, 2.24) is 24.5 Å². The van der Waals surface area contributed by atoms with Gasteiger partial charge in [0.2, 0.25) is 0 Å². The summed E-state index contributed by atoms with van der Waals surface area (Å²) >= 11 is 0. The maximum absolute atomic E-state index is 12.7. The molecule has 0 unspecified atom stereocenters. The van der Waals surface area contributed by atoms with Gasteiger partial charge in [-0.1, -0.05) is 6.42 Å². The van der Waals surface area contributed by atoms with Crippen LogP contribution in [0.1, 0.15) is 37.7 Å². The van der Waals surface area contributed by atoms with E-state index in [1.54, 1.807) is 6.20 Å². The van der Waals surface area contributed by atoms with E-state index in [9.17, 15) is 4.79 Å². The summed E-state index contributed by atoms with van der Waals surface area (Å²) in [7, 11) is 0. The number of hydrogen-bond donors (Lipinski definition) is 1. The number of rotatable bonds is 3. The molecule has 2 amide bonds. The van der Waals surface area contributed by atoms with Crippen LogP contribution in [0.15, 0.2) is 30.7 Å². The first-order valence-electron chi connectivity index (χ1n) is 9.48. The number of aromatic nitrogens is 2. The van der Waals surface area contributed by atoms with E-state index in [4.69, 9.17) is 0 Å². The number of fused-ring (bicyclic) bond motifs is 1. The fourth-order valence-electron chi connectivity index (χ4n) is 4.06. The lowest BCUT2D eigenvalue weighted by Crippen LogP contribution is -2.47. The Hall–Kier alpha value is -2.08. The molecule has 2 aromatic rings. The molecule has 2 aliphatic rings. The number of hydrogen-bond acceptors (Lipinski definition) is 3. The first-order chi connectivity index (χ1) is 12.3. The Morgan fingerprint density at radius 1 is 1.16 bits per heavy atom. The van der Waals surface area contributed by atoms with Gasteiger partial charge in [-0.15, -0.1) is 0 Å². The third kappa shape index (κ3) is 3.79. The lowest BCUT2D eigenvalue weighted by molar-refractivity contribution is 0.165. The third-order valence-corrected chi connectivity index (χ3v) is 5.50. The minimum absolute atomic E-state index is 0.0642. The van der Waals surface area contributed by atoms with Crippen molar-refractivity contribution >= 4 is 11.7 Å². The molecular formula is C19H27N5O. The maximum Gasteiger partial charge on any atom is 0.317 e. The summed E-state index contributed by atoms with van der Waals surface area (Å²) in [5.74, 6) is 0. The third-order valence-electron chi connectivity index (χ3n) is 5.50. The number of nitrogens with zero attached hydrogens (tertiary/aromatic N) is 4. The van der Waals surface area contributed by atoms with Crippen molar-refractivity contribution in [3.63, 3.8) is 0 Å². The van der Waals surface area contributed by atoms with Crippen molar-refractivity contribution in [2.45, 2.75) is 44.7 Å². The van der Waals surface area contributed by atoms with Gasteiger partial charge in [0.25, 0.3) is 0 Å². The first-order valence-corrected chi connectivity index (χ1v) is 9.48. The van der Waals surface area contributed by atoms with Crippen LogP contribution in [-0.2, 0) is 6.54 Å². The lowest BCUT2D eigenvalue weighted by Gasteiger charge is -2.30. The van der Waals surface area contributed by atoms with E-state index in [1.165, 1.54) is 38.8 Å². The summed E-state index contributed by atoms with van der Waals surface area (Å²) < 4.78 is 1.97. The topological polar surface area (TPSA) is 52.9 Å². The van der Waals surface area contributed by atoms with Crippen molar-refractivity contribution in [1.29, 1.82) is 0 Å². The Morgan fingerprint density at radius 3 is 2.88 bits per heavy atom. The van der Waals surface area contributed by atoms with Crippen LogP contribution in [0, 0.1) is 0 Å². The summed E-state index contributed by atoms with van der Waals surface area (Å²) in [6.45, 7) is 4.68. The Kier molecular flexibility index (Phi) is 4.88. The SMILES string of the molecule is O=C(NCc1ccn2ccnc2c1)N1CCCC[C@H](N2CCCC2)C1. The van der Waals surface area contributed by atoms with Crippen molar-refractivity contribution < 1.29 is 4.79 Å². The van der Waals surface area contributed by atoms with Gasteiger partial charge in [-0.05, 0) is 56.5 Å². The minimum Gasteiger partial charge on any atom is -0.334 e. The van der Waals surface area contributed by atoms with Crippen molar-refractivity contribution in [2.75, 3.05) is 26.2 Å². The normalized spacial score (nSPS) is 22.2. The molecule has 134 valence electrons. The van der Waals surface area contributed by atoms with E-state index in [-0.39, 0.29) is 6.03 Å². The zero-order chi connectivity index (χ0) is 17.1. The molecule has 6 heteroatoms. The Labute approximate surface area is 148 Å². The average Bonchev–Trinajstić information content (AvgIpc) is 3.27. The second-order valence-electron chi connectivity index (χ2n) is 7.23. The fraction of sp³-hybridized carbons (Fsp3) is 0.579. The smallest absolute Gasteiger partial charge is 0.317 e. The van der Waals surface area contributed by atoms with Crippen LogP contribution in [0.4, 0.5) is 4.79 Å². The molecule has 2 aliphatic heterocycles. The molecule has 25 heavy (non-hydrogen) atoms. The largest absolute Gasteiger partial charge is 0.334 e. The molecule has 4 heterocycles. The van der Waals surface area contributed by atoms with E-state index >= 15 is 0 Å². The lowest BCUT2D eigenvalue weighted by atomic mass is 10.1. The summed E-state index contributed by atoms with van der Waals surface area (Å²) in [6.07, 6.45) is 11.9. The van der Waals surface area contributed by atoms with E-state index < -0.39 is 0 Å². The summed E-state index contributed by atoms with van der Waals surface area (Å²) in [6, 6.07) is 4.66. The Balaban J connectivity index is 1.35. The Bertz CT molecular complexity index is 721. The number of carbonyl (C=O) groups is 1. The minimum atomic E-state index is 0.0642. The monoisotopic (exact) mass is 341 g/mol. The van der Waals surface area contributed by atoms with Crippen LogP contribution < -0.4 is 5.32 Å². The van der Waals surface area contributed by atoms with Gasteiger partial charge in [-0.3, -0.25) is 4.90 Å². The van der Waals surface area contributed by atoms with Crippen molar-refractivity contribution in [3.05, 3.63) is 36.3 Å². The number of pyridine rings is 1. The highest BCUT2D eigenvalue weighted by Gasteiger charge is 2.27. The number of carbonyl (C=O) groups excluding carboxylic acids is 1. The highest BCUT2D eigenvalue weighted by atomic mass is 16.2. The van der Waals surface area contributed by atoms with E-state index in [0.717, 1.165) is 30.7 Å². The molecule has 2 saturated heterocycles. The zero-order valence-corrected chi connectivity index (χ0v) is 14.7. The predicted octanol–water partition coefficient (Wildman–Crippen LogP) is 2.49. The van der Waals surface area contributed by atoms with Gasteiger partial charge in [0.15, 0.2) is 0 Å². The molecular weight excluding hydrogens is 314 g/mol. The highest BCUT2D eigenvalue weighted by molar-refractivity contribution is 5.74. The second kappa shape index (κ2) is 7.44. The van der Waals surface area contributed by atoms with Gasteiger partial charge >= 0.3 is 6.03 Å². The van der Waals surface area contributed by atoms with E-state index in [2.05, 4.69) is 15.2 Å². The molecule has 1 N–H and O–H groups in total. The molecule has 2 aromatic heterocycles. The van der Waals surface area contributed by atoms with Crippen LogP contribution in [-0.4, -0.2) is 57.4 Å². The summed E-state index contributed by atoms with van der Waals surface area (Å²) in [5, 5.41) is 3.10. The number of amides is 2. The number of likely N-dealkylation sites (tertiary alicyclic amines) is 2. The van der Waals surface area contributed by atoms with Crippen LogP contribution in [0.5, 0.6) is 0 Å². The van der Waals surface area contributed by atoms with E-state index in [0.29, 0.717) is 12.6 Å². The molecule has 1 atom stereocenters. The quantitative estimate of drug-likeness (QED) is 0.933. The van der Waals surface area contributed by atoms with Gasteiger partial charge in [0.1, 0.15) is 5.65 Å². The summed E-state index contributed by atoms with van der Waals surface area (Å²) in [5.41, 5.74) is 1.99. The molecule has 6 nitrogen and oxygen atoms in total. The molecule has 0 saturated carbocycles. The number of urea groups is 1. The molecule has 4 rings (SSSR count). The molecule has 0 radical (unpaired) electrons. The number of imidazole rings is 1. The van der Waals surface area contributed by atoms with Crippen LogP contribution in [0.2, 0.25) is 0 Å². The van der Waals surface area contributed by atoms with Crippen LogP contribution >= 0.6 is 0 Å². The molecule has 0 spiro atoms. The first kappa shape index (κ1) is 16.4. The number of nitrogens with one attached hydrogen (secondary N) is 1. The van der Waals surface area contributed by atoms with Crippen LogP contribution in [0.25, 0.3) is 5.65 Å². The van der Waals surface area contributed by atoms with Gasteiger partial charge in [0, 0.05) is 44.3 Å². The van der Waals surface area contributed by atoms with Gasteiger partial charge in [0.05, 0.1) is 0 Å². The molecule has 0 aromatic carbocycles. The maximum atomic E-state index is 12.7. The van der Waals surface area contributed by atoms with Crippen LogP contribution in [0.3, 0.4) is 0 Å².